The number of benzene rings is 2. The van der Waals surface area contributed by atoms with Crippen molar-refractivity contribution in [1.82, 2.24) is 20.9 Å². The molecule has 10 heteroatoms. The van der Waals surface area contributed by atoms with Crippen LogP contribution in [0.1, 0.15) is 38.3 Å². The Morgan fingerprint density at radius 1 is 1.12 bits per heavy atom. The number of nitrogens with zero attached hydrogens (tertiary/aromatic N) is 1. The van der Waals surface area contributed by atoms with Crippen LogP contribution in [0.4, 0.5) is 4.39 Å². The zero-order chi connectivity index (χ0) is 30.6. The van der Waals surface area contributed by atoms with Crippen LogP contribution in [0.15, 0.2) is 54.6 Å². The molecule has 0 saturated heterocycles. The molecule has 3 unspecified atom stereocenters. The quantitative estimate of drug-likeness (QED) is 0.181. The van der Waals surface area contributed by atoms with Crippen molar-refractivity contribution in [3.05, 3.63) is 71.6 Å². The van der Waals surface area contributed by atoms with Gasteiger partial charge in [-0.2, -0.15) is 0 Å². The fraction of sp³-hybridized carbons (Fsp3) is 0.452. The highest BCUT2D eigenvalue weighted by molar-refractivity contribution is 5.89. The van der Waals surface area contributed by atoms with Crippen molar-refractivity contribution >= 4 is 24.3 Å². The van der Waals surface area contributed by atoms with Crippen LogP contribution >= 0.6 is 0 Å². The third-order valence-electron chi connectivity index (χ3n) is 6.39. The summed E-state index contributed by atoms with van der Waals surface area (Å²) < 4.78 is 18.0. The number of para-hydroxylation sites is 1. The Balaban J connectivity index is 0.000000895. The van der Waals surface area contributed by atoms with E-state index in [0.29, 0.717) is 38.4 Å². The first kappa shape index (κ1) is 35.3. The van der Waals surface area contributed by atoms with Gasteiger partial charge in [0.25, 0.3) is 0 Å². The number of amides is 3. The monoisotopic (exact) mass is 572 g/mol. The lowest BCUT2D eigenvalue weighted by Gasteiger charge is -2.32. The largest absolute Gasteiger partial charge is 0.492 e. The summed E-state index contributed by atoms with van der Waals surface area (Å²) in [6.07, 6.45) is 5.11. The topological polar surface area (TPSA) is 120 Å². The first-order valence-corrected chi connectivity index (χ1v) is 13.9. The molecule has 0 saturated carbocycles. The summed E-state index contributed by atoms with van der Waals surface area (Å²) in [7, 11) is 1.54. The number of aliphatic hydroxyl groups excluding tert-OH is 1. The Hall–Kier alpha value is -3.76. The SMILES string of the molecule is CCNC(=O)C(CO)N(C)C(=O)C(NCCOc1ccccc1/C=C/CNC=O)C(C)CC.Cc1ccc(F)cc1. The summed E-state index contributed by atoms with van der Waals surface area (Å²) in [5.74, 6) is -0.0813. The molecule has 0 spiro atoms. The van der Waals surface area contributed by atoms with Gasteiger partial charge in [0.2, 0.25) is 18.2 Å². The van der Waals surface area contributed by atoms with E-state index in [1.807, 2.05) is 57.2 Å². The van der Waals surface area contributed by atoms with Gasteiger partial charge in [0.15, 0.2) is 0 Å². The van der Waals surface area contributed by atoms with Crippen LogP contribution in [0.5, 0.6) is 5.75 Å². The number of nitrogens with one attached hydrogen (secondary N) is 3. The molecule has 2 rings (SSSR count). The van der Waals surface area contributed by atoms with Crippen molar-refractivity contribution in [3.8, 4) is 5.75 Å². The fourth-order valence-electron chi connectivity index (χ4n) is 3.77. The molecule has 0 heterocycles. The summed E-state index contributed by atoms with van der Waals surface area (Å²) in [6.45, 7) is 8.84. The number of aryl methyl sites for hydroxylation is 1. The molecule has 3 atom stereocenters. The maximum Gasteiger partial charge on any atom is 0.245 e. The number of carbonyl (C=O) groups excluding carboxylic acids is 3. The second-order valence-electron chi connectivity index (χ2n) is 9.47. The van der Waals surface area contributed by atoms with Gasteiger partial charge in [-0.15, -0.1) is 0 Å². The van der Waals surface area contributed by atoms with E-state index in [-0.39, 0.29) is 23.5 Å². The Morgan fingerprint density at radius 3 is 2.39 bits per heavy atom. The highest BCUT2D eigenvalue weighted by Crippen LogP contribution is 2.19. The summed E-state index contributed by atoms with van der Waals surface area (Å²) in [5.41, 5.74) is 1.97. The van der Waals surface area contributed by atoms with Crippen LogP contribution in [0.3, 0.4) is 0 Å². The van der Waals surface area contributed by atoms with Gasteiger partial charge in [-0.1, -0.05) is 68.3 Å². The lowest BCUT2D eigenvalue weighted by Crippen LogP contribution is -2.56. The minimum absolute atomic E-state index is 0.0223. The van der Waals surface area contributed by atoms with Crippen molar-refractivity contribution in [1.29, 1.82) is 0 Å². The van der Waals surface area contributed by atoms with Gasteiger partial charge in [-0.25, -0.2) is 4.39 Å². The number of rotatable bonds is 16. The molecule has 0 aliphatic carbocycles. The van der Waals surface area contributed by atoms with E-state index in [1.54, 1.807) is 19.1 Å². The van der Waals surface area contributed by atoms with Crippen LogP contribution in [0, 0.1) is 18.7 Å². The minimum atomic E-state index is -0.936. The molecule has 2 aromatic rings. The molecular formula is C31H45FN4O5. The molecule has 0 aliphatic rings. The van der Waals surface area contributed by atoms with Crippen molar-refractivity contribution in [3.63, 3.8) is 0 Å². The van der Waals surface area contributed by atoms with Crippen molar-refractivity contribution in [2.24, 2.45) is 5.92 Å². The smallest absolute Gasteiger partial charge is 0.245 e. The summed E-state index contributed by atoms with van der Waals surface area (Å²) in [5, 5.41) is 18.1. The lowest BCUT2D eigenvalue weighted by atomic mass is 9.97. The van der Waals surface area contributed by atoms with E-state index >= 15 is 0 Å². The second-order valence-corrected chi connectivity index (χ2v) is 9.47. The first-order valence-electron chi connectivity index (χ1n) is 13.9. The summed E-state index contributed by atoms with van der Waals surface area (Å²) in [6, 6.07) is 12.5. The average Bonchev–Trinajstić information content (AvgIpc) is 2.97. The Kier molecular flexibility index (Phi) is 17.3. The average molecular weight is 573 g/mol. The molecule has 4 N–H and O–H groups in total. The van der Waals surface area contributed by atoms with E-state index in [2.05, 4.69) is 16.0 Å². The Bertz CT molecular complexity index is 1060. The predicted octanol–water partition coefficient (Wildman–Crippen LogP) is 2.92. The van der Waals surface area contributed by atoms with Crippen molar-refractivity contribution in [2.45, 2.75) is 46.2 Å². The molecule has 0 aliphatic heterocycles. The molecule has 0 aromatic heterocycles. The second kappa shape index (κ2) is 20.2. The molecule has 0 bridgehead atoms. The standard InChI is InChI=1S/C24H38N4O5.C7H7F/c1-5-18(3)22(24(32)28(4)20(16-29)23(31)26-6-2)27-14-15-33-21-12-8-7-10-19(21)11-9-13-25-17-30;1-6-2-4-7(8)5-3-6/h7-12,17-18,20,22,27,29H,5-6,13-16H2,1-4H3,(H,25,30)(H,26,31);2-5H,1H3/b11-9+;. The van der Waals surface area contributed by atoms with Crippen molar-refractivity contribution in [2.75, 3.05) is 39.9 Å². The van der Waals surface area contributed by atoms with Crippen LogP contribution < -0.4 is 20.7 Å². The maximum absolute atomic E-state index is 13.1. The van der Waals surface area contributed by atoms with Crippen LogP contribution in [0.2, 0.25) is 0 Å². The lowest BCUT2D eigenvalue weighted by molar-refractivity contribution is -0.142. The van der Waals surface area contributed by atoms with Gasteiger partial charge in [-0.05, 0) is 38.0 Å². The highest BCUT2D eigenvalue weighted by Gasteiger charge is 2.32. The van der Waals surface area contributed by atoms with E-state index in [4.69, 9.17) is 4.74 Å². The van der Waals surface area contributed by atoms with Gasteiger partial charge in [0.1, 0.15) is 24.2 Å². The van der Waals surface area contributed by atoms with Gasteiger partial charge in [-0.3, -0.25) is 14.4 Å². The summed E-state index contributed by atoms with van der Waals surface area (Å²) in [4.78, 5) is 37.0. The number of hydrogen-bond acceptors (Lipinski definition) is 6. The maximum atomic E-state index is 13.1. The van der Waals surface area contributed by atoms with Crippen LogP contribution in [-0.4, -0.2) is 80.2 Å². The van der Waals surface area contributed by atoms with Crippen molar-refractivity contribution < 1.29 is 28.6 Å². The molecule has 0 radical (unpaired) electrons. The third kappa shape index (κ3) is 13.0. The Morgan fingerprint density at radius 2 is 1.80 bits per heavy atom. The van der Waals surface area contributed by atoms with E-state index in [1.165, 1.54) is 24.1 Å². The molecule has 226 valence electrons. The third-order valence-corrected chi connectivity index (χ3v) is 6.39. The minimum Gasteiger partial charge on any atom is -0.492 e. The van der Waals surface area contributed by atoms with Gasteiger partial charge >= 0.3 is 0 Å². The van der Waals surface area contributed by atoms with Gasteiger partial charge in [0, 0.05) is 32.2 Å². The number of ether oxygens (including phenoxy) is 1. The number of likely N-dealkylation sites (N-methyl/N-ethyl adjacent to an activating group) is 2. The number of carbonyl (C=O) groups is 3. The first-order chi connectivity index (χ1) is 19.7. The normalized spacial score (nSPS) is 12.9. The van der Waals surface area contributed by atoms with Crippen LogP contribution in [-0.2, 0) is 14.4 Å². The van der Waals surface area contributed by atoms with Crippen LogP contribution in [0.25, 0.3) is 6.08 Å². The molecule has 0 fully saturated rings. The van der Waals surface area contributed by atoms with E-state index in [0.717, 1.165) is 17.5 Å². The van der Waals surface area contributed by atoms with E-state index in [9.17, 15) is 23.9 Å². The molecule has 3 amide bonds. The zero-order valence-corrected chi connectivity index (χ0v) is 24.7. The molecule has 9 nitrogen and oxygen atoms in total. The highest BCUT2D eigenvalue weighted by atomic mass is 19.1. The van der Waals surface area contributed by atoms with Gasteiger partial charge < -0.3 is 30.7 Å². The molecular weight excluding hydrogens is 527 g/mol. The van der Waals surface area contributed by atoms with E-state index < -0.39 is 18.7 Å². The number of hydrogen-bond donors (Lipinski definition) is 4. The fourth-order valence-corrected chi connectivity index (χ4v) is 3.77. The zero-order valence-electron chi connectivity index (χ0n) is 24.7. The number of halogens is 1. The molecule has 2 aromatic carbocycles. The molecule has 41 heavy (non-hydrogen) atoms. The summed E-state index contributed by atoms with van der Waals surface area (Å²) >= 11 is 0. The van der Waals surface area contributed by atoms with Gasteiger partial charge in [0.05, 0.1) is 12.6 Å². The number of aliphatic hydroxyl groups is 1. The predicted molar refractivity (Wildman–Crippen MR) is 160 cm³/mol. The Labute approximate surface area is 243 Å².